The number of nitrogens with zero attached hydrogens (tertiary/aromatic N) is 2. The van der Waals surface area contributed by atoms with E-state index in [0.717, 1.165) is 21.5 Å². The maximum atomic E-state index is 12.1. The Hall–Kier alpha value is -3.06. The van der Waals surface area contributed by atoms with Gasteiger partial charge in [0.2, 0.25) is 5.91 Å². The predicted molar refractivity (Wildman–Crippen MR) is 112 cm³/mol. The number of carbonyl (C=O) groups excluding carboxylic acids is 1. The fourth-order valence-corrected chi connectivity index (χ4v) is 3.56. The molecule has 2 N–H and O–H groups in total. The second kappa shape index (κ2) is 9.23. The molecule has 0 saturated heterocycles. The van der Waals surface area contributed by atoms with Crippen LogP contribution in [-0.2, 0) is 4.79 Å². The summed E-state index contributed by atoms with van der Waals surface area (Å²) in [5.41, 5.74) is 5.07. The topological polar surface area (TPSA) is 83.8 Å². The molecule has 3 rings (SSSR count). The van der Waals surface area contributed by atoms with Crippen LogP contribution in [0.5, 0.6) is 11.5 Å². The number of pyridine rings is 1. The molecule has 6 nitrogen and oxygen atoms in total. The first-order valence-corrected chi connectivity index (χ1v) is 9.82. The lowest BCUT2D eigenvalue weighted by Gasteiger charge is -2.07. The van der Waals surface area contributed by atoms with E-state index in [2.05, 4.69) is 15.5 Å². The van der Waals surface area contributed by atoms with E-state index in [-0.39, 0.29) is 17.4 Å². The molecule has 0 fully saturated rings. The molecule has 7 heteroatoms. The van der Waals surface area contributed by atoms with Crippen molar-refractivity contribution in [3.05, 3.63) is 59.8 Å². The quantitative estimate of drug-likeness (QED) is 0.360. The van der Waals surface area contributed by atoms with Gasteiger partial charge in [-0.1, -0.05) is 18.2 Å². The van der Waals surface area contributed by atoms with Crippen molar-refractivity contribution in [3.63, 3.8) is 0 Å². The van der Waals surface area contributed by atoms with Crippen molar-refractivity contribution in [2.24, 2.45) is 5.10 Å². The van der Waals surface area contributed by atoms with Gasteiger partial charge < -0.3 is 9.84 Å². The Bertz CT molecular complexity index is 1020. The number of fused-ring (bicyclic) bond motifs is 1. The van der Waals surface area contributed by atoms with Crippen molar-refractivity contribution in [1.82, 2.24) is 10.4 Å². The number of carbonyl (C=O) groups is 1. The van der Waals surface area contributed by atoms with Gasteiger partial charge >= 0.3 is 0 Å². The van der Waals surface area contributed by atoms with E-state index < -0.39 is 0 Å². The fourth-order valence-electron chi connectivity index (χ4n) is 2.63. The number of ether oxygens (including phenoxy) is 1. The second-order valence-electron chi connectivity index (χ2n) is 6.02. The zero-order chi connectivity index (χ0) is 19.9. The van der Waals surface area contributed by atoms with E-state index in [9.17, 15) is 9.90 Å². The van der Waals surface area contributed by atoms with Crippen LogP contribution in [0, 0.1) is 6.92 Å². The summed E-state index contributed by atoms with van der Waals surface area (Å²) in [5.74, 6) is 0.487. The molecule has 0 aliphatic heterocycles. The highest BCUT2D eigenvalue weighted by Crippen LogP contribution is 2.28. The van der Waals surface area contributed by atoms with Crippen molar-refractivity contribution in [2.45, 2.75) is 18.7 Å². The van der Waals surface area contributed by atoms with Crippen LogP contribution in [0.1, 0.15) is 18.2 Å². The number of hydrogen-bond donors (Lipinski definition) is 2. The average molecular weight is 395 g/mol. The maximum absolute atomic E-state index is 12.1. The summed E-state index contributed by atoms with van der Waals surface area (Å²) in [6.45, 7) is 4.23. The summed E-state index contributed by atoms with van der Waals surface area (Å²) in [4.78, 5) is 17.6. The van der Waals surface area contributed by atoms with Crippen molar-refractivity contribution < 1.29 is 14.6 Å². The first-order valence-electron chi connectivity index (χ1n) is 8.83. The first-order chi connectivity index (χ1) is 13.6. The largest absolute Gasteiger partial charge is 0.504 e. The number of phenolic OH excluding ortho intramolecular Hbond substituents is 1. The SMILES string of the molecule is CCOc1cc(/C=N\NC(=O)CSc2cc(C)nc3ccccc23)ccc1O. The third-order valence-corrected chi connectivity index (χ3v) is 4.91. The van der Waals surface area contributed by atoms with Gasteiger partial charge in [0.05, 0.1) is 24.1 Å². The highest BCUT2D eigenvalue weighted by Gasteiger charge is 2.07. The van der Waals surface area contributed by atoms with Crippen LogP contribution < -0.4 is 10.2 Å². The van der Waals surface area contributed by atoms with Gasteiger partial charge in [-0.2, -0.15) is 5.10 Å². The smallest absolute Gasteiger partial charge is 0.250 e. The number of benzene rings is 2. The molecule has 144 valence electrons. The number of hydrogen-bond acceptors (Lipinski definition) is 6. The number of hydrazone groups is 1. The monoisotopic (exact) mass is 395 g/mol. The van der Waals surface area contributed by atoms with Gasteiger partial charge in [0.1, 0.15) is 0 Å². The van der Waals surface area contributed by atoms with Crippen LogP contribution >= 0.6 is 11.8 Å². The van der Waals surface area contributed by atoms with E-state index in [1.807, 2.05) is 44.2 Å². The van der Waals surface area contributed by atoms with Crippen LogP contribution in [-0.4, -0.2) is 34.6 Å². The molecule has 1 aromatic heterocycles. The zero-order valence-corrected chi connectivity index (χ0v) is 16.5. The molecule has 1 amide bonds. The molecule has 3 aromatic rings. The molecule has 0 bridgehead atoms. The van der Waals surface area contributed by atoms with E-state index in [4.69, 9.17) is 4.74 Å². The molecule has 1 heterocycles. The van der Waals surface area contributed by atoms with Crippen molar-refractivity contribution in [1.29, 1.82) is 0 Å². The number of nitrogens with one attached hydrogen (secondary N) is 1. The molecule has 0 spiro atoms. The van der Waals surface area contributed by atoms with Gasteiger partial charge in [-0.05, 0) is 49.7 Å². The Morgan fingerprint density at radius 2 is 2.11 bits per heavy atom. The molecule has 0 aliphatic rings. The number of rotatable bonds is 7. The zero-order valence-electron chi connectivity index (χ0n) is 15.7. The van der Waals surface area contributed by atoms with Gasteiger partial charge in [-0.15, -0.1) is 11.8 Å². The van der Waals surface area contributed by atoms with Crippen molar-refractivity contribution in [2.75, 3.05) is 12.4 Å². The van der Waals surface area contributed by atoms with Crippen molar-refractivity contribution >= 4 is 34.8 Å². The minimum atomic E-state index is -0.205. The van der Waals surface area contributed by atoms with Gasteiger partial charge in [-0.25, -0.2) is 5.43 Å². The van der Waals surface area contributed by atoms with Gasteiger partial charge in [-0.3, -0.25) is 9.78 Å². The number of aryl methyl sites for hydroxylation is 1. The molecule has 0 saturated carbocycles. The summed E-state index contributed by atoms with van der Waals surface area (Å²) < 4.78 is 5.33. The molecular weight excluding hydrogens is 374 g/mol. The second-order valence-corrected chi connectivity index (χ2v) is 7.04. The predicted octanol–water partition coefficient (Wildman–Crippen LogP) is 3.89. The summed E-state index contributed by atoms with van der Waals surface area (Å²) in [6, 6.07) is 14.7. The summed E-state index contributed by atoms with van der Waals surface area (Å²) in [5, 5.41) is 14.7. The summed E-state index contributed by atoms with van der Waals surface area (Å²) in [6.07, 6.45) is 1.51. The lowest BCUT2D eigenvalue weighted by Crippen LogP contribution is -2.19. The van der Waals surface area contributed by atoms with Crippen LogP contribution in [0.25, 0.3) is 10.9 Å². The Morgan fingerprint density at radius 1 is 1.29 bits per heavy atom. The van der Waals surface area contributed by atoms with Crippen molar-refractivity contribution in [3.8, 4) is 11.5 Å². The fraction of sp³-hybridized carbons (Fsp3) is 0.190. The van der Waals surface area contributed by atoms with Gasteiger partial charge in [0, 0.05) is 16.0 Å². The molecule has 0 atom stereocenters. The number of phenols is 1. The minimum Gasteiger partial charge on any atom is -0.504 e. The lowest BCUT2D eigenvalue weighted by atomic mass is 10.2. The molecular formula is C21H21N3O3S. The molecule has 0 aliphatic carbocycles. The minimum absolute atomic E-state index is 0.0688. The number of thioether (sulfide) groups is 1. The van der Waals surface area contributed by atoms with E-state index in [1.54, 1.807) is 12.1 Å². The van der Waals surface area contributed by atoms with E-state index in [1.165, 1.54) is 24.0 Å². The van der Waals surface area contributed by atoms with Crippen LogP contribution in [0.15, 0.2) is 58.5 Å². The Kier molecular flexibility index (Phi) is 6.49. The number of aromatic hydroxyl groups is 1. The molecule has 0 unspecified atom stereocenters. The lowest BCUT2D eigenvalue weighted by molar-refractivity contribution is -0.118. The van der Waals surface area contributed by atoms with Crippen LogP contribution in [0.3, 0.4) is 0 Å². The Labute approximate surface area is 167 Å². The van der Waals surface area contributed by atoms with Crippen LogP contribution in [0.4, 0.5) is 0 Å². The van der Waals surface area contributed by atoms with Crippen LogP contribution in [0.2, 0.25) is 0 Å². The average Bonchev–Trinajstić information content (AvgIpc) is 2.68. The number of para-hydroxylation sites is 1. The summed E-state index contributed by atoms with van der Waals surface area (Å²) in [7, 11) is 0. The highest BCUT2D eigenvalue weighted by molar-refractivity contribution is 8.00. The molecule has 0 radical (unpaired) electrons. The Balaban J connectivity index is 1.60. The normalized spacial score (nSPS) is 11.1. The molecule has 28 heavy (non-hydrogen) atoms. The first kappa shape index (κ1) is 19.7. The number of amides is 1. The van der Waals surface area contributed by atoms with Gasteiger partial charge in [0.25, 0.3) is 0 Å². The van der Waals surface area contributed by atoms with E-state index >= 15 is 0 Å². The standard InChI is InChI=1S/C21H21N3O3S/c1-3-27-19-11-15(8-9-18(19)25)12-22-24-21(26)13-28-20-10-14(2)23-17-7-5-4-6-16(17)20/h4-12,25H,3,13H2,1-2H3,(H,24,26)/b22-12-. The maximum Gasteiger partial charge on any atom is 0.250 e. The Morgan fingerprint density at radius 3 is 2.93 bits per heavy atom. The number of aromatic nitrogens is 1. The third kappa shape index (κ3) is 5.01. The highest BCUT2D eigenvalue weighted by atomic mass is 32.2. The van der Waals surface area contributed by atoms with E-state index in [0.29, 0.717) is 17.9 Å². The third-order valence-electron chi connectivity index (χ3n) is 3.85. The summed E-state index contributed by atoms with van der Waals surface area (Å²) >= 11 is 1.45. The van der Waals surface area contributed by atoms with Gasteiger partial charge in [0.15, 0.2) is 11.5 Å². The molecule has 2 aromatic carbocycles.